The van der Waals surface area contributed by atoms with Gasteiger partial charge < -0.3 is 5.73 Å². The maximum absolute atomic E-state index is 13.6. The second-order valence-corrected chi connectivity index (χ2v) is 4.58. The van der Waals surface area contributed by atoms with Crippen molar-refractivity contribution < 1.29 is 8.78 Å². The number of hydrogen-bond donors (Lipinski definition) is 1. The molecule has 1 rings (SSSR count). The Morgan fingerprint density at radius 2 is 1.79 bits per heavy atom. The largest absolute Gasteiger partial charge is 0.396 e. The molecule has 0 bridgehead atoms. The highest BCUT2D eigenvalue weighted by Gasteiger charge is 2.25. The first-order chi connectivity index (χ1) is 6.25. The Bertz CT molecular complexity index is 343. The highest BCUT2D eigenvalue weighted by Crippen LogP contribution is 2.35. The van der Waals surface area contributed by atoms with Crippen molar-refractivity contribution in [3.05, 3.63) is 28.3 Å². The van der Waals surface area contributed by atoms with Crippen LogP contribution in [0.5, 0.6) is 0 Å². The molecule has 0 amide bonds. The van der Waals surface area contributed by atoms with Gasteiger partial charge in [0.15, 0.2) is 5.82 Å². The third kappa shape index (κ3) is 1.82. The molecule has 14 heavy (non-hydrogen) atoms. The predicted molar refractivity (Wildman–Crippen MR) is 54.5 cm³/mol. The molecule has 0 spiro atoms. The summed E-state index contributed by atoms with van der Waals surface area (Å²) in [6.45, 7) is 5.24. The maximum atomic E-state index is 13.6. The van der Waals surface area contributed by atoms with Gasteiger partial charge in [-0.3, -0.25) is 0 Å². The van der Waals surface area contributed by atoms with Gasteiger partial charge in [0.05, 0.1) is 10.7 Å². The Morgan fingerprint density at radius 3 is 2.21 bits per heavy atom. The zero-order valence-corrected chi connectivity index (χ0v) is 9.04. The first-order valence-corrected chi connectivity index (χ1v) is 4.56. The lowest BCUT2D eigenvalue weighted by atomic mass is 9.86. The zero-order valence-electron chi connectivity index (χ0n) is 8.29. The lowest BCUT2D eigenvalue weighted by Gasteiger charge is -2.22. The average molecular weight is 220 g/mol. The molecule has 0 saturated heterocycles. The number of nitrogen functional groups attached to an aromatic ring is 1. The minimum atomic E-state index is -0.685. The molecule has 0 radical (unpaired) electrons. The van der Waals surface area contributed by atoms with Crippen LogP contribution in [0.4, 0.5) is 14.5 Å². The van der Waals surface area contributed by atoms with Crippen molar-refractivity contribution in [2.45, 2.75) is 26.2 Å². The van der Waals surface area contributed by atoms with Crippen molar-refractivity contribution in [3.63, 3.8) is 0 Å². The molecule has 2 N–H and O–H groups in total. The number of anilines is 1. The van der Waals surface area contributed by atoms with Gasteiger partial charge in [0.2, 0.25) is 0 Å². The summed E-state index contributed by atoms with van der Waals surface area (Å²) in [4.78, 5) is 0. The minimum absolute atomic E-state index is 0.122. The molecule has 0 aliphatic heterocycles. The Hall–Kier alpha value is -0.830. The van der Waals surface area contributed by atoms with Crippen LogP contribution in [0.25, 0.3) is 0 Å². The van der Waals surface area contributed by atoms with E-state index in [1.807, 2.05) is 0 Å². The fourth-order valence-corrected chi connectivity index (χ4v) is 1.70. The van der Waals surface area contributed by atoms with E-state index in [1.54, 1.807) is 20.8 Å². The molecule has 1 nitrogen and oxygen atoms in total. The van der Waals surface area contributed by atoms with Crippen LogP contribution < -0.4 is 5.73 Å². The van der Waals surface area contributed by atoms with Crippen LogP contribution >= 0.6 is 11.6 Å². The quantitative estimate of drug-likeness (QED) is 0.525. The average Bonchev–Trinajstić information content (AvgIpc) is 1.98. The number of halogens is 3. The topological polar surface area (TPSA) is 26.0 Å². The Kier molecular flexibility index (Phi) is 2.72. The number of nitrogens with two attached hydrogens (primary N) is 1. The van der Waals surface area contributed by atoms with Crippen molar-refractivity contribution in [1.82, 2.24) is 0 Å². The highest BCUT2D eigenvalue weighted by molar-refractivity contribution is 6.31. The molecular formula is C10H12ClF2N. The standard InChI is InChI=1S/C10H12ClF2N/c1-10(2,3)7-8(11)5(12)4-6(14)9(7)13/h4H,14H2,1-3H3. The molecule has 1 aromatic rings. The molecule has 0 saturated carbocycles. The number of benzene rings is 1. The van der Waals surface area contributed by atoms with Gasteiger partial charge in [-0.2, -0.15) is 0 Å². The molecule has 0 heterocycles. The summed E-state index contributed by atoms with van der Waals surface area (Å²) in [5.74, 6) is -1.32. The minimum Gasteiger partial charge on any atom is -0.396 e. The molecule has 78 valence electrons. The van der Waals surface area contributed by atoms with Crippen LogP contribution in [0.15, 0.2) is 6.07 Å². The normalized spacial score (nSPS) is 11.9. The zero-order chi connectivity index (χ0) is 11.1. The third-order valence-electron chi connectivity index (χ3n) is 1.93. The van der Waals surface area contributed by atoms with Gasteiger partial charge in [0.25, 0.3) is 0 Å². The van der Waals surface area contributed by atoms with Crippen LogP contribution in [0.1, 0.15) is 26.3 Å². The SMILES string of the molecule is CC(C)(C)c1c(F)c(N)cc(F)c1Cl. The molecule has 0 aliphatic carbocycles. The Labute approximate surface area is 86.9 Å². The summed E-state index contributed by atoms with van der Waals surface area (Å²) in [5, 5.41) is -0.191. The van der Waals surface area contributed by atoms with Crippen molar-refractivity contribution in [1.29, 1.82) is 0 Å². The first kappa shape index (κ1) is 11.2. The number of hydrogen-bond acceptors (Lipinski definition) is 1. The van der Waals surface area contributed by atoms with Crippen molar-refractivity contribution in [2.24, 2.45) is 0 Å². The Balaban J connectivity index is 3.56. The van der Waals surface area contributed by atoms with Crippen LogP contribution in [0.2, 0.25) is 5.02 Å². The second-order valence-electron chi connectivity index (χ2n) is 4.20. The smallest absolute Gasteiger partial charge is 0.151 e. The highest BCUT2D eigenvalue weighted by atomic mass is 35.5. The van der Waals surface area contributed by atoms with E-state index in [0.717, 1.165) is 6.07 Å². The van der Waals surface area contributed by atoms with Gasteiger partial charge >= 0.3 is 0 Å². The molecular weight excluding hydrogens is 208 g/mol. The van der Waals surface area contributed by atoms with Crippen LogP contribution in [-0.2, 0) is 5.41 Å². The second kappa shape index (κ2) is 3.39. The summed E-state index contributed by atoms with van der Waals surface area (Å²) in [6, 6.07) is 0.896. The lowest BCUT2D eigenvalue weighted by molar-refractivity contribution is 0.515. The molecule has 4 heteroatoms. The van der Waals surface area contributed by atoms with Crippen molar-refractivity contribution in [3.8, 4) is 0 Å². The van der Waals surface area contributed by atoms with Crippen LogP contribution in [0.3, 0.4) is 0 Å². The molecule has 0 unspecified atom stereocenters. The molecule has 0 fully saturated rings. The summed E-state index contributed by atoms with van der Waals surface area (Å²) in [6.07, 6.45) is 0. The summed E-state index contributed by atoms with van der Waals surface area (Å²) >= 11 is 5.68. The van der Waals surface area contributed by atoms with Crippen molar-refractivity contribution in [2.75, 3.05) is 5.73 Å². The fraction of sp³-hybridized carbons (Fsp3) is 0.400. The molecule has 0 aromatic heterocycles. The van der Waals surface area contributed by atoms with Crippen LogP contribution in [0, 0.1) is 11.6 Å². The molecule has 0 atom stereocenters. The summed E-state index contributed by atoms with van der Waals surface area (Å²) in [7, 11) is 0. The van der Waals surface area contributed by atoms with Crippen molar-refractivity contribution >= 4 is 17.3 Å². The summed E-state index contributed by atoms with van der Waals surface area (Å²) < 4.78 is 26.7. The first-order valence-electron chi connectivity index (χ1n) is 4.18. The van der Waals surface area contributed by atoms with E-state index < -0.39 is 17.0 Å². The van der Waals surface area contributed by atoms with Gasteiger partial charge in [-0.25, -0.2) is 8.78 Å². The Morgan fingerprint density at radius 1 is 1.29 bits per heavy atom. The van der Waals surface area contributed by atoms with E-state index in [9.17, 15) is 8.78 Å². The van der Waals surface area contributed by atoms with E-state index in [2.05, 4.69) is 0 Å². The van der Waals surface area contributed by atoms with Gasteiger partial charge in [-0.1, -0.05) is 32.4 Å². The molecule has 0 aliphatic rings. The predicted octanol–water partition coefficient (Wildman–Crippen LogP) is 3.50. The van der Waals surface area contributed by atoms with E-state index in [-0.39, 0.29) is 16.3 Å². The van der Waals surface area contributed by atoms with E-state index >= 15 is 0 Å². The van der Waals surface area contributed by atoms with Gasteiger partial charge in [-0.15, -0.1) is 0 Å². The summed E-state index contributed by atoms with van der Waals surface area (Å²) in [5.41, 5.74) is 4.65. The third-order valence-corrected chi connectivity index (χ3v) is 2.30. The fourth-order valence-electron chi connectivity index (χ4n) is 1.28. The van der Waals surface area contributed by atoms with Gasteiger partial charge in [0.1, 0.15) is 5.82 Å². The monoisotopic (exact) mass is 219 g/mol. The maximum Gasteiger partial charge on any atom is 0.151 e. The van der Waals surface area contributed by atoms with E-state index in [0.29, 0.717) is 0 Å². The van der Waals surface area contributed by atoms with Gasteiger partial charge in [-0.05, 0) is 5.41 Å². The van der Waals surface area contributed by atoms with Gasteiger partial charge in [0, 0.05) is 11.6 Å². The number of rotatable bonds is 0. The van der Waals surface area contributed by atoms with Crippen LogP contribution in [-0.4, -0.2) is 0 Å². The van der Waals surface area contributed by atoms with E-state index in [1.165, 1.54) is 0 Å². The molecule has 1 aromatic carbocycles. The lowest BCUT2D eigenvalue weighted by Crippen LogP contribution is -2.16. The van der Waals surface area contributed by atoms with E-state index in [4.69, 9.17) is 17.3 Å².